The van der Waals surface area contributed by atoms with E-state index in [9.17, 15) is 18.4 Å². The summed E-state index contributed by atoms with van der Waals surface area (Å²) in [7, 11) is 0. The number of nitrogens with one attached hydrogen (secondary N) is 1. The standard InChI is InChI=1S/C23H21F2NO4/c1-12-15-8-13-6-7-23(2,3)30-19(13)11-20(15)29-22(28)16(12)10-21(27)26-18-5-4-14(24)9-17(18)25/h4-5,8-9,11H,6-7,10H2,1-3H3,(H,26,27). The summed E-state index contributed by atoms with van der Waals surface area (Å²) in [6.07, 6.45) is 1.40. The molecule has 1 amide bonds. The van der Waals surface area contributed by atoms with E-state index in [0.717, 1.165) is 35.9 Å². The summed E-state index contributed by atoms with van der Waals surface area (Å²) < 4.78 is 38.3. The Morgan fingerprint density at radius 1 is 1.20 bits per heavy atom. The van der Waals surface area contributed by atoms with Crippen LogP contribution in [-0.4, -0.2) is 11.5 Å². The highest BCUT2D eigenvalue weighted by Gasteiger charge is 2.28. The molecule has 0 saturated carbocycles. The Labute approximate surface area is 171 Å². The van der Waals surface area contributed by atoms with Gasteiger partial charge < -0.3 is 14.5 Å². The summed E-state index contributed by atoms with van der Waals surface area (Å²) >= 11 is 0. The van der Waals surface area contributed by atoms with Gasteiger partial charge in [-0.05, 0) is 62.9 Å². The van der Waals surface area contributed by atoms with Gasteiger partial charge in [-0.2, -0.15) is 0 Å². The minimum absolute atomic E-state index is 0.155. The summed E-state index contributed by atoms with van der Waals surface area (Å²) in [6.45, 7) is 5.76. The average Bonchev–Trinajstić information content (AvgIpc) is 2.65. The maximum atomic E-state index is 13.8. The van der Waals surface area contributed by atoms with Gasteiger partial charge in [0.15, 0.2) is 0 Å². The smallest absolute Gasteiger partial charge is 0.340 e. The highest BCUT2D eigenvalue weighted by molar-refractivity contribution is 5.93. The van der Waals surface area contributed by atoms with Gasteiger partial charge in [0.05, 0.1) is 17.7 Å². The molecule has 156 valence electrons. The molecule has 2 aromatic carbocycles. The molecule has 1 N–H and O–H groups in total. The minimum atomic E-state index is -0.889. The zero-order valence-electron chi connectivity index (χ0n) is 16.9. The molecule has 7 heteroatoms. The number of hydrogen-bond donors (Lipinski definition) is 1. The number of carbonyl (C=O) groups is 1. The van der Waals surface area contributed by atoms with Gasteiger partial charge >= 0.3 is 5.63 Å². The number of ether oxygens (including phenoxy) is 1. The number of rotatable bonds is 3. The molecule has 2 heterocycles. The highest BCUT2D eigenvalue weighted by atomic mass is 19.1. The number of hydrogen-bond acceptors (Lipinski definition) is 4. The number of carbonyl (C=O) groups excluding carboxylic acids is 1. The summed E-state index contributed by atoms with van der Waals surface area (Å²) in [4.78, 5) is 24.9. The van der Waals surface area contributed by atoms with Crippen LogP contribution < -0.4 is 15.7 Å². The number of anilines is 1. The molecular weight excluding hydrogens is 392 g/mol. The van der Waals surface area contributed by atoms with Crippen molar-refractivity contribution in [3.63, 3.8) is 0 Å². The molecule has 30 heavy (non-hydrogen) atoms. The number of aryl methyl sites for hydroxylation is 2. The van der Waals surface area contributed by atoms with Crippen molar-refractivity contribution in [1.29, 1.82) is 0 Å². The van der Waals surface area contributed by atoms with Crippen LogP contribution in [0.4, 0.5) is 14.5 Å². The molecule has 0 fully saturated rings. The number of halogens is 2. The average molecular weight is 413 g/mol. The van der Waals surface area contributed by atoms with Gasteiger partial charge in [-0.15, -0.1) is 0 Å². The molecule has 3 aromatic rings. The van der Waals surface area contributed by atoms with E-state index < -0.39 is 23.2 Å². The molecule has 5 nitrogen and oxygen atoms in total. The van der Waals surface area contributed by atoms with Gasteiger partial charge in [-0.25, -0.2) is 13.6 Å². The van der Waals surface area contributed by atoms with Crippen LogP contribution in [0.1, 0.15) is 37.0 Å². The maximum Gasteiger partial charge on any atom is 0.340 e. The van der Waals surface area contributed by atoms with Gasteiger partial charge in [-0.3, -0.25) is 4.79 Å². The van der Waals surface area contributed by atoms with E-state index in [1.807, 2.05) is 19.9 Å². The Hall–Kier alpha value is -3.22. The summed E-state index contributed by atoms with van der Waals surface area (Å²) in [5.41, 5.74) is 1.15. The quantitative estimate of drug-likeness (QED) is 0.634. The van der Waals surface area contributed by atoms with E-state index in [1.54, 1.807) is 13.0 Å². The van der Waals surface area contributed by atoms with E-state index >= 15 is 0 Å². The van der Waals surface area contributed by atoms with Crippen LogP contribution in [-0.2, 0) is 17.6 Å². The normalized spacial score (nSPS) is 14.8. The van der Waals surface area contributed by atoms with E-state index in [2.05, 4.69) is 5.32 Å². The first-order valence-electron chi connectivity index (χ1n) is 9.66. The number of fused-ring (bicyclic) bond motifs is 2. The predicted molar refractivity (Wildman–Crippen MR) is 109 cm³/mol. The fraction of sp³-hybridized carbons (Fsp3) is 0.304. The molecule has 0 spiro atoms. The molecule has 0 bridgehead atoms. The Morgan fingerprint density at radius 3 is 2.70 bits per heavy atom. The lowest BCUT2D eigenvalue weighted by atomic mass is 9.92. The zero-order valence-corrected chi connectivity index (χ0v) is 16.9. The van der Waals surface area contributed by atoms with Crippen molar-refractivity contribution in [3.8, 4) is 5.75 Å². The second-order valence-electron chi connectivity index (χ2n) is 8.16. The van der Waals surface area contributed by atoms with Crippen molar-refractivity contribution >= 4 is 22.6 Å². The van der Waals surface area contributed by atoms with Crippen LogP contribution in [0.15, 0.2) is 39.5 Å². The van der Waals surface area contributed by atoms with Gasteiger partial charge in [0, 0.05) is 17.5 Å². The van der Waals surface area contributed by atoms with Gasteiger partial charge in [-0.1, -0.05) is 0 Å². The summed E-state index contributed by atoms with van der Waals surface area (Å²) in [5.74, 6) is -1.54. The third kappa shape index (κ3) is 3.79. The third-order valence-corrected chi connectivity index (χ3v) is 5.39. The van der Waals surface area contributed by atoms with Crippen molar-refractivity contribution in [2.45, 2.75) is 45.6 Å². The predicted octanol–water partition coefficient (Wildman–Crippen LogP) is 4.66. The lowest BCUT2D eigenvalue weighted by Crippen LogP contribution is -2.32. The van der Waals surface area contributed by atoms with E-state index in [1.165, 1.54) is 0 Å². The van der Waals surface area contributed by atoms with Crippen molar-refractivity contribution in [2.24, 2.45) is 0 Å². The van der Waals surface area contributed by atoms with Crippen LogP contribution in [0.2, 0.25) is 0 Å². The second kappa shape index (κ2) is 7.23. The largest absolute Gasteiger partial charge is 0.487 e. The Kier molecular flexibility index (Phi) is 4.84. The molecule has 1 aliphatic heterocycles. The first-order valence-corrected chi connectivity index (χ1v) is 9.66. The summed E-state index contributed by atoms with van der Waals surface area (Å²) in [5, 5.41) is 3.10. The molecule has 0 saturated heterocycles. The van der Waals surface area contributed by atoms with Crippen LogP contribution >= 0.6 is 0 Å². The SMILES string of the molecule is Cc1c(CC(=O)Nc2ccc(F)cc2F)c(=O)oc2cc3c(cc12)CCC(C)(C)O3. The lowest BCUT2D eigenvalue weighted by molar-refractivity contribution is -0.115. The van der Waals surface area contributed by atoms with Crippen LogP contribution in [0.3, 0.4) is 0 Å². The second-order valence-corrected chi connectivity index (χ2v) is 8.16. The van der Waals surface area contributed by atoms with Gasteiger partial charge in [0.2, 0.25) is 5.91 Å². The van der Waals surface area contributed by atoms with Crippen LogP contribution in [0, 0.1) is 18.6 Å². The fourth-order valence-corrected chi connectivity index (χ4v) is 3.69. The molecule has 0 atom stereocenters. The topological polar surface area (TPSA) is 68.5 Å². The van der Waals surface area contributed by atoms with Crippen molar-refractivity contribution in [1.82, 2.24) is 0 Å². The third-order valence-electron chi connectivity index (χ3n) is 5.39. The highest BCUT2D eigenvalue weighted by Crippen LogP contribution is 2.36. The van der Waals surface area contributed by atoms with Crippen LogP contribution in [0.25, 0.3) is 11.0 Å². The molecule has 0 radical (unpaired) electrons. The Bertz CT molecular complexity index is 1230. The van der Waals surface area contributed by atoms with Gasteiger partial charge in [0.25, 0.3) is 0 Å². The first-order chi connectivity index (χ1) is 14.1. The molecule has 1 aromatic heterocycles. The lowest BCUT2D eigenvalue weighted by Gasteiger charge is -2.32. The molecule has 4 rings (SSSR count). The molecule has 1 aliphatic rings. The van der Waals surface area contributed by atoms with E-state index in [4.69, 9.17) is 9.15 Å². The number of benzene rings is 2. The van der Waals surface area contributed by atoms with Crippen LogP contribution in [0.5, 0.6) is 5.75 Å². The molecular formula is C23H21F2NO4. The van der Waals surface area contributed by atoms with E-state index in [0.29, 0.717) is 23.0 Å². The monoisotopic (exact) mass is 413 g/mol. The van der Waals surface area contributed by atoms with Crippen molar-refractivity contribution in [3.05, 3.63) is 69.1 Å². The summed E-state index contributed by atoms with van der Waals surface area (Å²) in [6, 6.07) is 6.50. The zero-order chi connectivity index (χ0) is 21.6. The maximum absolute atomic E-state index is 13.8. The first kappa shape index (κ1) is 20.1. The Morgan fingerprint density at radius 2 is 1.97 bits per heavy atom. The Balaban J connectivity index is 1.66. The molecule has 0 aliphatic carbocycles. The van der Waals surface area contributed by atoms with Crippen molar-refractivity contribution < 1.29 is 22.7 Å². The molecule has 0 unspecified atom stereocenters. The van der Waals surface area contributed by atoms with Crippen molar-refractivity contribution in [2.75, 3.05) is 5.32 Å². The number of amides is 1. The minimum Gasteiger partial charge on any atom is -0.487 e. The van der Waals surface area contributed by atoms with Gasteiger partial charge in [0.1, 0.15) is 28.6 Å². The fourth-order valence-electron chi connectivity index (χ4n) is 3.69. The van der Waals surface area contributed by atoms with E-state index in [-0.39, 0.29) is 23.3 Å².